The Bertz CT molecular complexity index is 1430. The zero-order valence-corrected chi connectivity index (χ0v) is 20.0. The largest absolute Gasteiger partial charge is 0.460 e. The molecular formula is C29H25FN2O5. The van der Waals surface area contributed by atoms with Crippen LogP contribution >= 0.6 is 0 Å². The Morgan fingerprint density at radius 1 is 0.919 bits per heavy atom. The zero-order valence-electron chi connectivity index (χ0n) is 20.0. The van der Waals surface area contributed by atoms with Crippen molar-refractivity contribution in [2.24, 2.45) is 5.92 Å². The van der Waals surface area contributed by atoms with Gasteiger partial charge in [-0.25, -0.2) is 9.37 Å². The normalized spacial score (nSPS) is 14.5. The molecule has 0 bridgehead atoms. The monoisotopic (exact) mass is 500 g/mol. The molecule has 0 fully saturated rings. The summed E-state index contributed by atoms with van der Waals surface area (Å²) in [5.41, 5.74) is 1.57. The van der Waals surface area contributed by atoms with E-state index < -0.39 is 23.7 Å². The maximum absolute atomic E-state index is 13.8. The molecule has 1 atom stereocenters. The lowest BCUT2D eigenvalue weighted by molar-refractivity contribution is -0.164. The van der Waals surface area contributed by atoms with Crippen molar-refractivity contribution in [1.29, 1.82) is 0 Å². The van der Waals surface area contributed by atoms with Gasteiger partial charge in [-0.15, -0.1) is 0 Å². The molecule has 0 aliphatic carbocycles. The minimum atomic E-state index is -1.20. The van der Waals surface area contributed by atoms with Gasteiger partial charge in [0.25, 0.3) is 5.56 Å². The van der Waals surface area contributed by atoms with Gasteiger partial charge in [0.1, 0.15) is 24.9 Å². The van der Waals surface area contributed by atoms with Crippen LogP contribution in [0.3, 0.4) is 0 Å². The van der Waals surface area contributed by atoms with E-state index >= 15 is 0 Å². The van der Waals surface area contributed by atoms with Crippen LogP contribution in [0.5, 0.6) is 0 Å². The van der Waals surface area contributed by atoms with Crippen LogP contribution in [0.2, 0.25) is 0 Å². The van der Waals surface area contributed by atoms with Gasteiger partial charge in [0.15, 0.2) is 5.92 Å². The predicted molar refractivity (Wildman–Crippen MR) is 134 cm³/mol. The van der Waals surface area contributed by atoms with E-state index in [0.29, 0.717) is 24.2 Å². The Morgan fingerprint density at radius 2 is 1.51 bits per heavy atom. The molecule has 0 saturated heterocycles. The van der Waals surface area contributed by atoms with Gasteiger partial charge in [0.05, 0.1) is 10.9 Å². The van der Waals surface area contributed by atoms with Crippen LogP contribution in [-0.4, -0.2) is 21.5 Å². The number of carbonyl (C=O) groups excluding carboxylic acids is 2. The highest BCUT2D eigenvalue weighted by Gasteiger charge is 2.37. The highest BCUT2D eigenvalue weighted by atomic mass is 19.1. The lowest BCUT2D eigenvalue weighted by Gasteiger charge is -2.19. The third-order valence-electron chi connectivity index (χ3n) is 6.55. The minimum Gasteiger partial charge on any atom is -0.460 e. The first-order valence-corrected chi connectivity index (χ1v) is 12.1. The van der Waals surface area contributed by atoms with Crippen molar-refractivity contribution >= 4 is 22.8 Å². The van der Waals surface area contributed by atoms with Crippen LogP contribution in [0.4, 0.5) is 4.39 Å². The summed E-state index contributed by atoms with van der Waals surface area (Å²) in [5, 5.41) is 0.326. The summed E-state index contributed by atoms with van der Waals surface area (Å²) in [6, 6.07) is 22.2. The number of carbonyl (C=O) groups is 2. The molecule has 37 heavy (non-hydrogen) atoms. The summed E-state index contributed by atoms with van der Waals surface area (Å²) in [5.74, 6) is -3.04. The Hall–Kier alpha value is -4.33. The molecule has 8 heteroatoms. The molecule has 0 saturated carbocycles. The first kappa shape index (κ1) is 24.4. The fourth-order valence-electron chi connectivity index (χ4n) is 4.61. The van der Waals surface area contributed by atoms with Gasteiger partial charge in [-0.2, -0.15) is 0 Å². The number of halogens is 1. The van der Waals surface area contributed by atoms with Crippen molar-refractivity contribution in [3.63, 3.8) is 0 Å². The molecule has 0 N–H and O–H groups in total. The quantitative estimate of drug-likeness (QED) is 0.261. The summed E-state index contributed by atoms with van der Waals surface area (Å²) < 4.78 is 26.3. The third kappa shape index (κ3) is 5.43. The van der Waals surface area contributed by atoms with E-state index in [1.54, 1.807) is 0 Å². The molecule has 0 amide bonds. The van der Waals surface area contributed by atoms with Crippen molar-refractivity contribution in [2.45, 2.75) is 38.5 Å². The lowest BCUT2D eigenvalue weighted by atomic mass is 9.92. The van der Waals surface area contributed by atoms with Crippen LogP contribution in [-0.2, 0) is 38.8 Å². The van der Waals surface area contributed by atoms with Crippen LogP contribution in [0.25, 0.3) is 10.9 Å². The molecule has 5 rings (SSSR count). The Balaban J connectivity index is 1.38. The Kier molecular flexibility index (Phi) is 7.07. The van der Waals surface area contributed by atoms with E-state index in [1.807, 2.05) is 60.7 Å². The zero-order chi connectivity index (χ0) is 25.8. The van der Waals surface area contributed by atoms with Gasteiger partial charge in [-0.3, -0.25) is 19.0 Å². The van der Waals surface area contributed by atoms with Crippen molar-refractivity contribution in [3.8, 4) is 0 Å². The molecule has 4 aromatic rings. The first-order chi connectivity index (χ1) is 18.0. The van der Waals surface area contributed by atoms with Gasteiger partial charge in [-0.05, 0) is 36.1 Å². The molecule has 188 valence electrons. The number of aromatic nitrogens is 2. The smallest absolute Gasteiger partial charge is 0.320 e. The Labute approximate surface area is 212 Å². The van der Waals surface area contributed by atoms with Crippen molar-refractivity contribution in [2.75, 3.05) is 0 Å². The number of benzene rings is 3. The molecule has 2 heterocycles. The van der Waals surface area contributed by atoms with E-state index in [-0.39, 0.29) is 36.6 Å². The van der Waals surface area contributed by atoms with Gasteiger partial charge in [0, 0.05) is 18.5 Å². The minimum absolute atomic E-state index is 0.0189. The second-order valence-corrected chi connectivity index (χ2v) is 9.05. The van der Waals surface area contributed by atoms with Crippen molar-refractivity contribution in [1.82, 2.24) is 9.55 Å². The second kappa shape index (κ2) is 10.7. The highest BCUT2D eigenvalue weighted by molar-refractivity contribution is 5.95. The molecular weight excluding hydrogens is 475 g/mol. The molecule has 0 radical (unpaired) electrons. The van der Waals surface area contributed by atoms with E-state index in [4.69, 9.17) is 9.47 Å². The van der Waals surface area contributed by atoms with Crippen LogP contribution in [0, 0.1) is 11.7 Å². The number of ether oxygens (including phenoxy) is 2. The van der Waals surface area contributed by atoms with E-state index in [1.165, 1.54) is 22.8 Å². The Morgan fingerprint density at radius 3 is 2.11 bits per heavy atom. The summed E-state index contributed by atoms with van der Waals surface area (Å²) in [6.45, 7) is 0.431. The van der Waals surface area contributed by atoms with E-state index in [9.17, 15) is 18.8 Å². The molecule has 7 nitrogen and oxygen atoms in total. The molecule has 1 aliphatic heterocycles. The van der Waals surface area contributed by atoms with Gasteiger partial charge >= 0.3 is 11.9 Å². The number of esters is 2. The molecule has 1 aromatic heterocycles. The number of nitrogens with zero attached hydrogens (tertiary/aromatic N) is 2. The highest BCUT2D eigenvalue weighted by Crippen LogP contribution is 2.33. The topological polar surface area (TPSA) is 87.5 Å². The van der Waals surface area contributed by atoms with Crippen molar-refractivity contribution < 1.29 is 23.5 Å². The van der Waals surface area contributed by atoms with Gasteiger partial charge < -0.3 is 9.47 Å². The fraction of sp³-hybridized carbons (Fsp3) is 0.241. The predicted octanol–water partition coefficient (Wildman–Crippen LogP) is 4.52. The number of rotatable bonds is 8. The van der Waals surface area contributed by atoms with E-state index in [0.717, 1.165) is 11.1 Å². The first-order valence-electron chi connectivity index (χ1n) is 12.1. The summed E-state index contributed by atoms with van der Waals surface area (Å²) in [6.07, 6.45) is 0.573. The average molecular weight is 501 g/mol. The van der Waals surface area contributed by atoms with Gasteiger partial charge in [-0.1, -0.05) is 60.7 Å². The average Bonchev–Trinajstić information content (AvgIpc) is 3.32. The molecule has 0 spiro atoms. The molecule has 1 aliphatic rings. The number of hydrogen-bond acceptors (Lipinski definition) is 6. The molecule has 3 aromatic carbocycles. The van der Waals surface area contributed by atoms with E-state index in [2.05, 4.69) is 4.98 Å². The summed E-state index contributed by atoms with van der Waals surface area (Å²) in [7, 11) is 0. The summed E-state index contributed by atoms with van der Waals surface area (Å²) >= 11 is 0. The second-order valence-electron chi connectivity index (χ2n) is 9.05. The maximum atomic E-state index is 13.8. The van der Waals surface area contributed by atoms with Gasteiger partial charge in [0.2, 0.25) is 0 Å². The SMILES string of the molecule is O=C(OCc1ccccc1)C(CC1CCn2c1nc1cc(F)ccc1c2=O)C(=O)OCc1ccccc1. The standard InChI is InChI=1S/C29H25FN2O5/c30-22-11-12-23-25(16-22)31-26-21(13-14-32(26)27(23)33)15-24(28(34)36-17-19-7-3-1-4-8-19)29(35)37-18-20-9-5-2-6-10-20/h1-12,16,21,24H,13-15,17-18H2. The van der Waals surface area contributed by atoms with Crippen LogP contribution < -0.4 is 5.56 Å². The fourth-order valence-corrected chi connectivity index (χ4v) is 4.61. The van der Waals surface area contributed by atoms with Crippen LogP contribution in [0.1, 0.15) is 35.7 Å². The lowest BCUT2D eigenvalue weighted by Crippen LogP contribution is -2.30. The molecule has 1 unspecified atom stereocenters. The number of fused-ring (bicyclic) bond motifs is 2. The third-order valence-corrected chi connectivity index (χ3v) is 6.55. The van der Waals surface area contributed by atoms with Crippen LogP contribution in [0.15, 0.2) is 83.7 Å². The maximum Gasteiger partial charge on any atom is 0.320 e. The number of hydrogen-bond donors (Lipinski definition) is 0. The van der Waals surface area contributed by atoms with Crippen molar-refractivity contribution in [3.05, 3.63) is 112 Å². The summed E-state index contributed by atoms with van der Waals surface area (Å²) in [4.78, 5) is 43.8.